The standard InChI is InChI=1S/C19H18Cl2N4O/c1-11-15(12(2)25(24-11)14-6-4-3-5-7-14)10-18(26)23-13-8-16(20)19(22)17(21)9-13/h3-9H,10,22H2,1-2H3,(H,23,26). The van der Waals surface area contributed by atoms with Crippen LogP contribution in [0.5, 0.6) is 0 Å². The Hall–Kier alpha value is -2.50. The first-order valence-electron chi connectivity index (χ1n) is 8.01. The first kappa shape index (κ1) is 18.3. The van der Waals surface area contributed by atoms with Crippen molar-refractivity contribution in [2.24, 2.45) is 0 Å². The average molecular weight is 389 g/mol. The summed E-state index contributed by atoms with van der Waals surface area (Å²) in [5, 5.41) is 7.97. The van der Waals surface area contributed by atoms with Crippen molar-refractivity contribution in [1.29, 1.82) is 0 Å². The van der Waals surface area contributed by atoms with Crippen LogP contribution in [0.15, 0.2) is 42.5 Å². The third kappa shape index (κ3) is 3.69. The second-order valence-corrected chi connectivity index (χ2v) is 6.79. The predicted octanol–water partition coefficient (Wildman–Crippen LogP) is 4.56. The van der Waals surface area contributed by atoms with Crippen molar-refractivity contribution >= 4 is 40.5 Å². The van der Waals surface area contributed by atoms with E-state index in [1.807, 2.05) is 48.9 Å². The van der Waals surface area contributed by atoms with E-state index in [1.165, 1.54) is 0 Å². The topological polar surface area (TPSA) is 72.9 Å². The molecule has 3 rings (SSSR count). The Morgan fingerprint density at radius 1 is 1.15 bits per heavy atom. The van der Waals surface area contributed by atoms with Gasteiger partial charge in [-0.15, -0.1) is 0 Å². The smallest absolute Gasteiger partial charge is 0.228 e. The van der Waals surface area contributed by atoms with Gasteiger partial charge < -0.3 is 11.1 Å². The van der Waals surface area contributed by atoms with Crippen LogP contribution in [-0.2, 0) is 11.2 Å². The molecule has 3 aromatic rings. The number of carbonyl (C=O) groups is 1. The fourth-order valence-corrected chi connectivity index (χ4v) is 3.26. The van der Waals surface area contributed by atoms with Gasteiger partial charge in [0.1, 0.15) is 0 Å². The molecule has 0 aliphatic carbocycles. The van der Waals surface area contributed by atoms with Gasteiger partial charge in [0.05, 0.1) is 33.5 Å². The van der Waals surface area contributed by atoms with Crippen LogP contribution in [0.4, 0.5) is 11.4 Å². The summed E-state index contributed by atoms with van der Waals surface area (Å²) >= 11 is 12.0. The minimum Gasteiger partial charge on any atom is -0.396 e. The highest BCUT2D eigenvalue weighted by Crippen LogP contribution is 2.31. The molecule has 0 bridgehead atoms. The number of halogens is 2. The Labute approximate surface area is 161 Å². The number of para-hydroxylation sites is 1. The number of hydrogen-bond acceptors (Lipinski definition) is 3. The van der Waals surface area contributed by atoms with Crippen LogP contribution in [0.25, 0.3) is 5.69 Å². The lowest BCUT2D eigenvalue weighted by molar-refractivity contribution is -0.115. The molecule has 26 heavy (non-hydrogen) atoms. The average Bonchev–Trinajstić information content (AvgIpc) is 2.88. The van der Waals surface area contributed by atoms with E-state index in [-0.39, 0.29) is 12.3 Å². The Morgan fingerprint density at radius 2 is 1.77 bits per heavy atom. The minimum atomic E-state index is -0.180. The molecule has 0 atom stereocenters. The Bertz CT molecular complexity index is 944. The fraction of sp³-hybridized carbons (Fsp3) is 0.158. The molecule has 0 saturated heterocycles. The summed E-state index contributed by atoms with van der Waals surface area (Å²) in [7, 11) is 0. The van der Waals surface area contributed by atoms with Gasteiger partial charge in [-0.1, -0.05) is 41.4 Å². The molecule has 0 spiro atoms. The van der Waals surface area contributed by atoms with Crippen molar-refractivity contribution in [3.8, 4) is 5.69 Å². The summed E-state index contributed by atoms with van der Waals surface area (Å²) < 4.78 is 1.84. The number of aryl methyl sites for hydroxylation is 1. The molecule has 134 valence electrons. The van der Waals surface area contributed by atoms with Crippen molar-refractivity contribution in [3.63, 3.8) is 0 Å². The molecule has 1 aromatic heterocycles. The van der Waals surface area contributed by atoms with Crippen LogP contribution in [0.2, 0.25) is 10.0 Å². The fourth-order valence-electron chi connectivity index (χ4n) is 2.77. The first-order chi connectivity index (χ1) is 12.4. The molecule has 2 aromatic carbocycles. The van der Waals surface area contributed by atoms with E-state index >= 15 is 0 Å². The van der Waals surface area contributed by atoms with Crippen molar-refractivity contribution in [1.82, 2.24) is 9.78 Å². The molecule has 1 heterocycles. The zero-order chi connectivity index (χ0) is 18.8. The summed E-state index contributed by atoms with van der Waals surface area (Å²) in [4.78, 5) is 12.5. The van der Waals surface area contributed by atoms with E-state index in [0.717, 1.165) is 22.6 Å². The van der Waals surface area contributed by atoms with Crippen molar-refractivity contribution in [2.75, 3.05) is 11.1 Å². The number of aromatic nitrogens is 2. The number of nitrogen functional groups attached to an aromatic ring is 1. The minimum absolute atomic E-state index is 0.180. The second-order valence-electron chi connectivity index (χ2n) is 5.98. The summed E-state index contributed by atoms with van der Waals surface area (Å²) in [6, 6.07) is 13.0. The quantitative estimate of drug-likeness (QED) is 0.643. The normalized spacial score (nSPS) is 10.8. The van der Waals surface area contributed by atoms with Crippen LogP contribution in [0.3, 0.4) is 0 Å². The summed E-state index contributed by atoms with van der Waals surface area (Å²) in [5.74, 6) is -0.180. The van der Waals surface area contributed by atoms with Crippen molar-refractivity contribution < 1.29 is 4.79 Å². The van der Waals surface area contributed by atoms with Crippen LogP contribution in [0.1, 0.15) is 17.0 Å². The van der Waals surface area contributed by atoms with E-state index in [4.69, 9.17) is 28.9 Å². The summed E-state index contributed by atoms with van der Waals surface area (Å²) in [5.41, 5.74) is 10.1. The molecular formula is C19H18Cl2N4O. The van der Waals surface area contributed by atoms with Crippen LogP contribution < -0.4 is 11.1 Å². The maximum Gasteiger partial charge on any atom is 0.228 e. The maximum absolute atomic E-state index is 12.5. The summed E-state index contributed by atoms with van der Waals surface area (Å²) in [6.45, 7) is 3.85. The van der Waals surface area contributed by atoms with E-state index < -0.39 is 0 Å². The van der Waals surface area contributed by atoms with Gasteiger partial charge in [0.2, 0.25) is 5.91 Å². The second kappa shape index (κ2) is 7.40. The molecule has 0 saturated carbocycles. The number of anilines is 2. The molecule has 3 N–H and O–H groups in total. The number of carbonyl (C=O) groups excluding carboxylic acids is 1. The Balaban J connectivity index is 1.81. The van der Waals surface area contributed by atoms with Gasteiger partial charge in [-0.2, -0.15) is 5.10 Å². The highest BCUT2D eigenvalue weighted by molar-refractivity contribution is 6.39. The van der Waals surface area contributed by atoms with Gasteiger partial charge in [0.25, 0.3) is 0 Å². The molecule has 5 nitrogen and oxygen atoms in total. The molecular weight excluding hydrogens is 371 g/mol. The zero-order valence-electron chi connectivity index (χ0n) is 14.4. The third-order valence-electron chi connectivity index (χ3n) is 4.14. The lowest BCUT2D eigenvalue weighted by atomic mass is 10.1. The van der Waals surface area contributed by atoms with Gasteiger partial charge in [-0.3, -0.25) is 4.79 Å². The number of benzene rings is 2. The van der Waals surface area contributed by atoms with Gasteiger partial charge in [0, 0.05) is 16.9 Å². The lowest BCUT2D eigenvalue weighted by Gasteiger charge is -2.09. The van der Waals surface area contributed by atoms with Crippen LogP contribution in [0, 0.1) is 13.8 Å². The largest absolute Gasteiger partial charge is 0.396 e. The van der Waals surface area contributed by atoms with Gasteiger partial charge in [0.15, 0.2) is 0 Å². The molecule has 7 heteroatoms. The van der Waals surface area contributed by atoms with Gasteiger partial charge >= 0.3 is 0 Å². The maximum atomic E-state index is 12.5. The van der Waals surface area contributed by atoms with Crippen molar-refractivity contribution in [3.05, 3.63) is 69.5 Å². The predicted molar refractivity (Wildman–Crippen MR) is 106 cm³/mol. The highest BCUT2D eigenvalue weighted by atomic mass is 35.5. The number of nitrogens with one attached hydrogen (secondary N) is 1. The highest BCUT2D eigenvalue weighted by Gasteiger charge is 2.16. The first-order valence-corrected chi connectivity index (χ1v) is 8.77. The van der Waals surface area contributed by atoms with E-state index in [1.54, 1.807) is 12.1 Å². The molecule has 0 aliphatic rings. The number of rotatable bonds is 4. The Morgan fingerprint density at radius 3 is 2.38 bits per heavy atom. The van der Waals surface area contributed by atoms with E-state index in [0.29, 0.717) is 21.4 Å². The number of hydrogen-bond donors (Lipinski definition) is 2. The summed E-state index contributed by atoms with van der Waals surface area (Å²) in [6.07, 6.45) is 0.199. The third-order valence-corrected chi connectivity index (χ3v) is 4.77. The van der Waals surface area contributed by atoms with Crippen LogP contribution in [-0.4, -0.2) is 15.7 Å². The molecule has 1 amide bonds. The zero-order valence-corrected chi connectivity index (χ0v) is 15.9. The molecule has 0 unspecified atom stereocenters. The van der Waals surface area contributed by atoms with Crippen molar-refractivity contribution in [2.45, 2.75) is 20.3 Å². The monoisotopic (exact) mass is 388 g/mol. The number of nitrogens with two attached hydrogens (primary N) is 1. The van der Waals surface area contributed by atoms with Gasteiger partial charge in [-0.05, 0) is 38.1 Å². The van der Waals surface area contributed by atoms with E-state index in [9.17, 15) is 4.79 Å². The number of amides is 1. The molecule has 0 aliphatic heterocycles. The molecule has 0 fully saturated rings. The van der Waals surface area contributed by atoms with E-state index in [2.05, 4.69) is 10.4 Å². The van der Waals surface area contributed by atoms with Crippen LogP contribution >= 0.6 is 23.2 Å². The molecule has 0 radical (unpaired) electrons. The SMILES string of the molecule is Cc1nn(-c2ccccc2)c(C)c1CC(=O)Nc1cc(Cl)c(N)c(Cl)c1. The Kier molecular flexibility index (Phi) is 5.20. The lowest BCUT2D eigenvalue weighted by Crippen LogP contribution is -2.15. The van der Waals surface area contributed by atoms with Gasteiger partial charge in [-0.25, -0.2) is 4.68 Å². The number of nitrogens with zero attached hydrogens (tertiary/aromatic N) is 2.